The summed E-state index contributed by atoms with van der Waals surface area (Å²) in [4.78, 5) is 37.2. The number of imidazole rings is 1. The minimum Gasteiger partial charge on any atom is -0.459 e. The van der Waals surface area contributed by atoms with E-state index in [0.717, 1.165) is 0 Å². The Morgan fingerprint density at radius 3 is 2.28 bits per heavy atom. The van der Waals surface area contributed by atoms with E-state index in [9.17, 15) is 9.59 Å². The maximum absolute atomic E-state index is 15.8. The molecule has 3 heterocycles. The van der Waals surface area contributed by atoms with E-state index >= 15 is 4.39 Å². The third-order valence-corrected chi connectivity index (χ3v) is 5.97. The number of carbonyl (C=O) groups excluding carboxylic acids is 2. The molecule has 12 heteroatoms. The van der Waals surface area contributed by atoms with Crippen molar-refractivity contribution in [2.45, 2.75) is 24.6 Å². The Bertz CT molecular complexity index is 1410. The number of hydrogen-bond donors (Lipinski definition) is 0. The van der Waals surface area contributed by atoms with Gasteiger partial charge in [-0.1, -0.05) is 48.0 Å². The highest BCUT2D eigenvalue weighted by Crippen LogP contribution is 2.37. The second-order valence-electron chi connectivity index (χ2n) is 7.82. The Morgan fingerprint density at radius 1 is 0.972 bits per heavy atom. The number of nitrogens with zero attached hydrogens (tertiary/aromatic N) is 4. The molecule has 36 heavy (non-hydrogen) atoms. The molecule has 4 atom stereocenters. The van der Waals surface area contributed by atoms with E-state index in [2.05, 4.69) is 15.0 Å². The van der Waals surface area contributed by atoms with Crippen LogP contribution in [0.4, 0.5) is 4.39 Å². The summed E-state index contributed by atoms with van der Waals surface area (Å²) in [5, 5.41) is -0.180. The van der Waals surface area contributed by atoms with E-state index in [1.54, 1.807) is 48.5 Å². The fourth-order valence-electron chi connectivity index (χ4n) is 3.82. The first-order valence-corrected chi connectivity index (χ1v) is 11.5. The largest absolute Gasteiger partial charge is 0.459 e. The summed E-state index contributed by atoms with van der Waals surface area (Å²) < 4.78 is 33.8. The molecule has 1 unspecified atom stereocenters. The summed E-state index contributed by atoms with van der Waals surface area (Å²) in [7, 11) is 0. The number of hydrogen-bond acceptors (Lipinski definition) is 8. The van der Waals surface area contributed by atoms with Gasteiger partial charge in [-0.05, 0) is 35.9 Å². The number of rotatable bonds is 6. The fourth-order valence-corrected chi connectivity index (χ4v) is 4.24. The predicted octanol–water partition coefficient (Wildman–Crippen LogP) is 4.45. The summed E-state index contributed by atoms with van der Waals surface area (Å²) >= 11 is 12.0. The minimum atomic E-state index is -1.87. The van der Waals surface area contributed by atoms with Crippen molar-refractivity contribution >= 4 is 46.3 Å². The molecule has 5 rings (SSSR count). The van der Waals surface area contributed by atoms with E-state index in [1.165, 1.54) is 23.0 Å². The third kappa shape index (κ3) is 4.75. The van der Waals surface area contributed by atoms with Gasteiger partial charge < -0.3 is 14.2 Å². The number of ether oxygens (including phenoxy) is 3. The van der Waals surface area contributed by atoms with Gasteiger partial charge in [0.25, 0.3) is 0 Å². The van der Waals surface area contributed by atoms with Crippen LogP contribution in [0.3, 0.4) is 0 Å². The lowest BCUT2D eigenvalue weighted by molar-refractivity contribution is -0.0570. The lowest BCUT2D eigenvalue weighted by atomic mass is 10.1. The predicted molar refractivity (Wildman–Crippen MR) is 127 cm³/mol. The van der Waals surface area contributed by atoms with Gasteiger partial charge in [-0.2, -0.15) is 4.98 Å². The number of halogens is 3. The van der Waals surface area contributed by atoms with Crippen LogP contribution in [0.5, 0.6) is 0 Å². The molecule has 4 aromatic rings. The van der Waals surface area contributed by atoms with Crippen molar-refractivity contribution in [2.75, 3.05) is 6.61 Å². The van der Waals surface area contributed by atoms with Crippen LogP contribution in [-0.2, 0) is 14.2 Å². The topological polar surface area (TPSA) is 105 Å². The van der Waals surface area contributed by atoms with Gasteiger partial charge in [0.1, 0.15) is 18.2 Å². The monoisotopic (exact) mass is 530 g/mol. The Morgan fingerprint density at radius 2 is 1.61 bits per heavy atom. The van der Waals surface area contributed by atoms with Crippen LogP contribution >= 0.6 is 23.2 Å². The highest BCUT2D eigenvalue weighted by molar-refractivity contribution is 6.35. The van der Waals surface area contributed by atoms with E-state index < -0.39 is 36.5 Å². The van der Waals surface area contributed by atoms with Gasteiger partial charge >= 0.3 is 11.9 Å². The quantitative estimate of drug-likeness (QED) is 0.204. The highest BCUT2D eigenvalue weighted by atomic mass is 35.5. The highest BCUT2D eigenvalue weighted by Gasteiger charge is 2.50. The van der Waals surface area contributed by atoms with Crippen molar-refractivity contribution < 1.29 is 28.2 Å². The molecule has 1 aliphatic heterocycles. The Hall–Kier alpha value is -3.60. The van der Waals surface area contributed by atoms with Gasteiger partial charge in [0.15, 0.2) is 29.3 Å². The SMILES string of the molecule is O=C(OC[C@H]1O[C@@H](n2cnc3c(Cl)nc(Cl)nc32)[C@@H](F)C1OC(=O)c1ccccc1)c1ccccc1. The zero-order chi connectivity index (χ0) is 25.2. The maximum atomic E-state index is 15.8. The summed E-state index contributed by atoms with van der Waals surface area (Å²) in [5.41, 5.74) is 0.854. The molecule has 0 aliphatic carbocycles. The molecule has 0 N–H and O–H groups in total. The first kappa shape index (κ1) is 24.1. The van der Waals surface area contributed by atoms with Crippen LogP contribution in [0.2, 0.25) is 10.4 Å². The van der Waals surface area contributed by atoms with Crippen LogP contribution in [0.1, 0.15) is 26.9 Å². The van der Waals surface area contributed by atoms with Crippen LogP contribution < -0.4 is 0 Å². The van der Waals surface area contributed by atoms with Crippen LogP contribution in [0.25, 0.3) is 11.2 Å². The lowest BCUT2D eigenvalue weighted by Gasteiger charge is -2.19. The molecule has 0 saturated carbocycles. The van der Waals surface area contributed by atoms with E-state index in [1.807, 2.05) is 0 Å². The molecule has 0 amide bonds. The molecule has 9 nitrogen and oxygen atoms in total. The van der Waals surface area contributed by atoms with Gasteiger partial charge in [0, 0.05) is 0 Å². The molecule has 0 radical (unpaired) electrons. The summed E-state index contributed by atoms with van der Waals surface area (Å²) in [6.45, 7) is -0.374. The zero-order valence-electron chi connectivity index (χ0n) is 18.3. The molecule has 1 aliphatic rings. The standard InChI is InChI=1S/C24H17Cl2FN4O5/c25-19-17-20(30-24(26)29-19)31(12-28-17)21-16(27)18(36-23(33)14-9-5-2-6-10-14)15(35-21)11-34-22(32)13-7-3-1-4-8-13/h1-10,12,15-16,18,21H,11H2/t15-,16+,18?,21-/m1/s1. The van der Waals surface area contributed by atoms with Crippen molar-refractivity contribution in [3.05, 3.63) is 88.6 Å². The average molecular weight is 531 g/mol. The Labute approximate surface area is 213 Å². The number of alkyl halides is 1. The number of fused-ring (bicyclic) bond motifs is 1. The zero-order valence-corrected chi connectivity index (χ0v) is 19.8. The number of aromatic nitrogens is 4. The lowest BCUT2D eigenvalue weighted by Crippen LogP contribution is -2.37. The van der Waals surface area contributed by atoms with E-state index in [0.29, 0.717) is 5.56 Å². The molecular formula is C24H17Cl2FN4O5. The molecular weight excluding hydrogens is 514 g/mol. The van der Waals surface area contributed by atoms with Crippen molar-refractivity contribution in [2.24, 2.45) is 0 Å². The molecule has 1 fully saturated rings. The third-order valence-electron chi connectivity index (χ3n) is 5.53. The normalized spacial score (nSPS) is 21.4. The molecule has 2 aromatic heterocycles. The van der Waals surface area contributed by atoms with Gasteiger partial charge in [-0.25, -0.2) is 23.9 Å². The minimum absolute atomic E-state index is 0.0162. The second-order valence-corrected chi connectivity index (χ2v) is 8.51. The molecule has 1 saturated heterocycles. The van der Waals surface area contributed by atoms with E-state index in [4.69, 9.17) is 37.4 Å². The average Bonchev–Trinajstić information content (AvgIpc) is 3.44. The number of esters is 2. The van der Waals surface area contributed by atoms with Crippen LogP contribution in [0.15, 0.2) is 67.0 Å². The first-order chi connectivity index (χ1) is 17.4. The smallest absolute Gasteiger partial charge is 0.338 e. The molecule has 0 bridgehead atoms. The van der Waals surface area contributed by atoms with Crippen LogP contribution in [0, 0.1) is 0 Å². The van der Waals surface area contributed by atoms with Gasteiger partial charge in [-0.15, -0.1) is 0 Å². The molecule has 2 aromatic carbocycles. The number of benzene rings is 2. The van der Waals surface area contributed by atoms with Crippen LogP contribution in [-0.4, -0.2) is 56.4 Å². The van der Waals surface area contributed by atoms with Crippen molar-refractivity contribution in [1.29, 1.82) is 0 Å². The number of carbonyl (C=O) groups is 2. The molecule has 184 valence electrons. The van der Waals surface area contributed by atoms with Crippen molar-refractivity contribution in [3.63, 3.8) is 0 Å². The van der Waals surface area contributed by atoms with Gasteiger partial charge in [0.05, 0.1) is 17.5 Å². The Kier molecular flexibility index (Phi) is 6.82. The van der Waals surface area contributed by atoms with E-state index in [-0.39, 0.29) is 33.8 Å². The summed E-state index contributed by atoms with van der Waals surface area (Å²) in [6, 6.07) is 16.4. The molecule has 0 spiro atoms. The van der Waals surface area contributed by atoms with Crippen molar-refractivity contribution in [1.82, 2.24) is 19.5 Å². The fraction of sp³-hybridized carbons (Fsp3) is 0.208. The second kappa shape index (κ2) is 10.2. The first-order valence-electron chi connectivity index (χ1n) is 10.8. The van der Waals surface area contributed by atoms with Crippen molar-refractivity contribution in [3.8, 4) is 0 Å². The summed E-state index contributed by atoms with van der Waals surface area (Å²) in [6.07, 6.45) is -4.46. The maximum Gasteiger partial charge on any atom is 0.338 e. The summed E-state index contributed by atoms with van der Waals surface area (Å²) in [5.74, 6) is -1.39. The van der Waals surface area contributed by atoms with Gasteiger partial charge in [0.2, 0.25) is 5.28 Å². The Balaban J connectivity index is 1.42. The van der Waals surface area contributed by atoms with Gasteiger partial charge in [-0.3, -0.25) is 4.57 Å².